The van der Waals surface area contributed by atoms with Gasteiger partial charge in [-0.1, -0.05) is 13.8 Å². The second-order valence-corrected chi connectivity index (χ2v) is 6.76. The molecule has 7 heteroatoms. The zero-order valence-electron chi connectivity index (χ0n) is 15.7. The lowest BCUT2D eigenvalue weighted by molar-refractivity contribution is -0.136. The molecule has 0 spiro atoms. The predicted molar refractivity (Wildman–Crippen MR) is 96.7 cm³/mol. The number of allylic oxidation sites excluding steroid dienone is 1. The van der Waals surface area contributed by atoms with Crippen LogP contribution in [0.25, 0.3) is 5.57 Å². The number of carbonyl (C=O) groups is 2. The van der Waals surface area contributed by atoms with E-state index in [-0.39, 0.29) is 18.1 Å². The van der Waals surface area contributed by atoms with E-state index in [0.717, 1.165) is 0 Å². The van der Waals surface area contributed by atoms with Crippen molar-refractivity contribution in [2.24, 2.45) is 11.7 Å². The van der Waals surface area contributed by atoms with Crippen LogP contribution in [-0.2, 0) is 14.3 Å². The van der Waals surface area contributed by atoms with Gasteiger partial charge >= 0.3 is 12.1 Å². The lowest BCUT2D eigenvalue weighted by Gasteiger charge is -2.20. The van der Waals surface area contributed by atoms with Crippen molar-refractivity contribution in [2.45, 2.75) is 47.1 Å². The monoisotopic (exact) mass is 349 g/mol. The van der Waals surface area contributed by atoms with Crippen LogP contribution in [0.4, 0.5) is 10.5 Å². The van der Waals surface area contributed by atoms with Crippen molar-refractivity contribution < 1.29 is 19.1 Å². The molecule has 0 unspecified atom stereocenters. The maximum absolute atomic E-state index is 12.3. The van der Waals surface area contributed by atoms with Crippen LogP contribution in [0.5, 0.6) is 0 Å². The van der Waals surface area contributed by atoms with Gasteiger partial charge in [0.05, 0.1) is 12.3 Å². The van der Waals surface area contributed by atoms with Crippen LogP contribution in [0.2, 0.25) is 0 Å². The van der Waals surface area contributed by atoms with Crippen LogP contribution < -0.4 is 11.1 Å². The molecule has 0 atom stereocenters. The Morgan fingerprint density at radius 3 is 2.48 bits per heavy atom. The summed E-state index contributed by atoms with van der Waals surface area (Å²) in [7, 11) is 0. The van der Waals surface area contributed by atoms with Crippen molar-refractivity contribution in [1.29, 1.82) is 0 Å². The largest absolute Gasteiger partial charge is 0.462 e. The summed E-state index contributed by atoms with van der Waals surface area (Å²) in [5.74, 6) is -0.612. The topological polar surface area (TPSA) is 104 Å². The molecule has 0 aliphatic heterocycles. The highest BCUT2D eigenvalue weighted by atomic mass is 16.6. The Kier molecular flexibility index (Phi) is 6.97. The second-order valence-electron chi connectivity index (χ2n) is 6.76. The van der Waals surface area contributed by atoms with Crippen LogP contribution in [0.1, 0.15) is 47.2 Å². The molecule has 3 N–H and O–H groups in total. The summed E-state index contributed by atoms with van der Waals surface area (Å²) in [4.78, 5) is 28.4. The molecule has 1 rings (SSSR count). The number of esters is 1. The molecule has 0 aliphatic carbocycles. The van der Waals surface area contributed by atoms with Crippen molar-refractivity contribution in [3.8, 4) is 0 Å². The Morgan fingerprint density at radius 2 is 1.96 bits per heavy atom. The first-order valence-electron chi connectivity index (χ1n) is 8.18. The van der Waals surface area contributed by atoms with Gasteiger partial charge in [0.2, 0.25) is 0 Å². The van der Waals surface area contributed by atoms with Crippen LogP contribution in [-0.4, -0.2) is 29.3 Å². The number of rotatable bonds is 5. The van der Waals surface area contributed by atoms with Gasteiger partial charge in [0, 0.05) is 17.6 Å². The van der Waals surface area contributed by atoms with E-state index in [1.807, 2.05) is 13.8 Å². The van der Waals surface area contributed by atoms with E-state index >= 15 is 0 Å². The number of hydrogen-bond donors (Lipinski definition) is 2. The molecule has 1 heterocycles. The van der Waals surface area contributed by atoms with Gasteiger partial charge in [0.25, 0.3) is 0 Å². The highest BCUT2D eigenvalue weighted by molar-refractivity contribution is 6.17. The molecule has 7 nitrogen and oxygen atoms in total. The van der Waals surface area contributed by atoms with E-state index in [0.29, 0.717) is 17.1 Å². The Bertz CT molecular complexity index is 661. The summed E-state index contributed by atoms with van der Waals surface area (Å²) in [6.45, 7) is 11.0. The molecule has 1 aromatic rings. The Hall–Kier alpha value is -2.57. The van der Waals surface area contributed by atoms with E-state index in [1.165, 1.54) is 6.20 Å². The number of anilines is 1. The Balaban J connectivity index is 3.17. The minimum atomic E-state index is -0.613. The molecular formula is C18H27N3O4. The fraction of sp³-hybridized carbons (Fsp3) is 0.500. The Morgan fingerprint density at radius 1 is 1.32 bits per heavy atom. The lowest BCUT2D eigenvalue weighted by atomic mass is 10.0. The van der Waals surface area contributed by atoms with Crippen LogP contribution in [0.15, 0.2) is 24.0 Å². The van der Waals surface area contributed by atoms with Crippen molar-refractivity contribution in [2.75, 3.05) is 11.9 Å². The molecule has 1 aromatic heterocycles. The molecule has 0 aliphatic rings. The third-order valence-electron chi connectivity index (χ3n) is 3.05. The number of ether oxygens (including phenoxy) is 2. The second kappa shape index (κ2) is 8.50. The highest BCUT2D eigenvalue weighted by Crippen LogP contribution is 2.23. The minimum Gasteiger partial charge on any atom is -0.462 e. The van der Waals surface area contributed by atoms with E-state index in [4.69, 9.17) is 15.2 Å². The zero-order chi connectivity index (χ0) is 19.2. The number of hydrogen-bond acceptors (Lipinski definition) is 6. The molecule has 0 fully saturated rings. The number of nitrogens with two attached hydrogens (primary N) is 1. The molecule has 0 aromatic carbocycles. The number of pyridine rings is 1. The van der Waals surface area contributed by atoms with Crippen molar-refractivity contribution in [1.82, 2.24) is 4.98 Å². The molecule has 0 radical (unpaired) electrons. The fourth-order valence-corrected chi connectivity index (χ4v) is 1.93. The number of carbonyl (C=O) groups excluding carboxylic acids is 2. The third kappa shape index (κ3) is 6.45. The molecule has 0 bridgehead atoms. The van der Waals surface area contributed by atoms with Gasteiger partial charge in [-0.2, -0.15) is 0 Å². The molecule has 1 amide bonds. The van der Waals surface area contributed by atoms with E-state index in [2.05, 4.69) is 10.3 Å². The normalized spacial score (nSPS) is 12.4. The van der Waals surface area contributed by atoms with Gasteiger partial charge in [-0.25, -0.2) is 9.59 Å². The summed E-state index contributed by atoms with van der Waals surface area (Å²) in [5.41, 5.74) is 6.82. The van der Waals surface area contributed by atoms with Crippen LogP contribution >= 0.6 is 0 Å². The molecule has 25 heavy (non-hydrogen) atoms. The van der Waals surface area contributed by atoms with Crippen LogP contribution in [0, 0.1) is 5.92 Å². The maximum atomic E-state index is 12.3. The number of aromatic nitrogens is 1. The predicted octanol–water partition coefficient (Wildman–Crippen LogP) is 3.32. The van der Waals surface area contributed by atoms with Crippen LogP contribution in [0.3, 0.4) is 0 Å². The number of nitrogens with zero attached hydrogens (tertiary/aromatic N) is 1. The van der Waals surface area contributed by atoms with Gasteiger partial charge in [-0.15, -0.1) is 0 Å². The first-order valence-corrected chi connectivity index (χ1v) is 8.18. The number of nitrogens with one attached hydrogen (secondary N) is 1. The average Bonchev–Trinajstić information content (AvgIpc) is 2.45. The number of amides is 1. The van der Waals surface area contributed by atoms with E-state index in [9.17, 15) is 9.59 Å². The summed E-state index contributed by atoms with van der Waals surface area (Å²) < 4.78 is 10.3. The fourth-order valence-electron chi connectivity index (χ4n) is 1.93. The third-order valence-corrected chi connectivity index (χ3v) is 3.05. The van der Waals surface area contributed by atoms with Gasteiger partial charge in [-0.3, -0.25) is 10.3 Å². The first kappa shape index (κ1) is 20.5. The summed E-state index contributed by atoms with van der Waals surface area (Å²) >= 11 is 0. The smallest absolute Gasteiger partial charge is 0.412 e. The van der Waals surface area contributed by atoms with Gasteiger partial charge in [0.15, 0.2) is 0 Å². The van der Waals surface area contributed by atoms with E-state index < -0.39 is 17.7 Å². The summed E-state index contributed by atoms with van der Waals surface area (Å²) in [6, 6.07) is 3.16. The van der Waals surface area contributed by atoms with Crippen molar-refractivity contribution in [3.05, 3.63) is 29.7 Å². The molecule has 0 saturated heterocycles. The molecule has 0 saturated carbocycles. The SMILES string of the molecule is CCOC(=O)/C(=C(/N)C(C)C)c1cc(NC(=O)OC(C)(C)C)ccn1. The van der Waals surface area contributed by atoms with Crippen molar-refractivity contribution >= 4 is 23.3 Å². The lowest BCUT2D eigenvalue weighted by Crippen LogP contribution is -2.27. The average molecular weight is 349 g/mol. The van der Waals surface area contributed by atoms with Gasteiger partial charge < -0.3 is 15.2 Å². The van der Waals surface area contributed by atoms with Gasteiger partial charge in [0.1, 0.15) is 11.2 Å². The highest BCUT2D eigenvalue weighted by Gasteiger charge is 2.22. The quantitative estimate of drug-likeness (QED) is 0.624. The molecular weight excluding hydrogens is 322 g/mol. The summed E-state index contributed by atoms with van der Waals surface area (Å²) in [6.07, 6.45) is 0.887. The molecule has 138 valence electrons. The Labute approximate surface area is 148 Å². The summed E-state index contributed by atoms with van der Waals surface area (Å²) in [5, 5.41) is 2.62. The van der Waals surface area contributed by atoms with E-state index in [1.54, 1.807) is 39.8 Å². The minimum absolute atomic E-state index is 0.0660. The zero-order valence-corrected chi connectivity index (χ0v) is 15.7. The van der Waals surface area contributed by atoms with Crippen molar-refractivity contribution in [3.63, 3.8) is 0 Å². The first-order chi connectivity index (χ1) is 11.5. The standard InChI is InChI=1S/C18H27N3O4/c1-7-24-16(22)14(15(19)11(2)3)13-10-12(8-9-20-13)21-17(23)25-18(4,5)6/h8-11H,7,19H2,1-6H3,(H,20,21,23)/b15-14+. The maximum Gasteiger partial charge on any atom is 0.412 e. The van der Waals surface area contributed by atoms with Gasteiger partial charge in [-0.05, 0) is 45.7 Å².